The topological polar surface area (TPSA) is 92.0 Å². The molecule has 106 valence electrons. The van der Waals surface area contributed by atoms with E-state index in [1.165, 1.54) is 13.3 Å². The summed E-state index contributed by atoms with van der Waals surface area (Å²) < 4.78 is 11.7. The fourth-order valence-corrected chi connectivity index (χ4v) is 1.55. The fourth-order valence-electron chi connectivity index (χ4n) is 1.55. The van der Waals surface area contributed by atoms with E-state index < -0.39 is 5.97 Å². The zero-order valence-corrected chi connectivity index (χ0v) is 11.3. The number of carbonyl (C=O) groups excluding carboxylic acids is 1. The number of esters is 1. The van der Waals surface area contributed by atoms with E-state index in [0.29, 0.717) is 23.8 Å². The van der Waals surface area contributed by atoms with Gasteiger partial charge in [-0.15, -0.1) is 5.10 Å². The van der Waals surface area contributed by atoms with Gasteiger partial charge in [0.2, 0.25) is 5.88 Å². The van der Waals surface area contributed by atoms with Crippen LogP contribution in [0.5, 0.6) is 5.88 Å². The van der Waals surface area contributed by atoms with Gasteiger partial charge in [-0.1, -0.05) is 6.92 Å². The summed E-state index contributed by atoms with van der Waals surface area (Å²) in [5, 5.41) is 11.2. The maximum atomic E-state index is 11.8. The van der Waals surface area contributed by atoms with Crippen LogP contribution in [0.25, 0.3) is 0 Å². The number of rotatable bonds is 6. The van der Waals surface area contributed by atoms with Gasteiger partial charge in [-0.05, 0) is 22.9 Å². The van der Waals surface area contributed by atoms with E-state index in [9.17, 15) is 4.79 Å². The Morgan fingerprint density at radius 3 is 2.90 bits per heavy atom. The molecule has 20 heavy (non-hydrogen) atoms. The Hall–Kier alpha value is -2.51. The van der Waals surface area contributed by atoms with Gasteiger partial charge in [-0.3, -0.25) is 0 Å². The summed E-state index contributed by atoms with van der Waals surface area (Å²) in [6.45, 7) is 2.72. The summed E-state index contributed by atoms with van der Waals surface area (Å²) in [5.74, 6) is 0.473. The van der Waals surface area contributed by atoms with E-state index in [2.05, 4.69) is 20.5 Å². The van der Waals surface area contributed by atoms with E-state index >= 15 is 0 Å². The summed E-state index contributed by atoms with van der Waals surface area (Å²) >= 11 is 0. The zero-order chi connectivity index (χ0) is 14.4. The Bertz CT molecular complexity index is 567. The fraction of sp³-hybridized carbons (Fsp3) is 0.417. The maximum absolute atomic E-state index is 11.8. The van der Waals surface area contributed by atoms with Crippen LogP contribution in [0.15, 0.2) is 18.3 Å². The number of nitrogens with zero attached hydrogens (tertiary/aromatic N) is 5. The smallest absolute Gasteiger partial charge is 0.340 e. The molecule has 0 saturated carbocycles. The van der Waals surface area contributed by atoms with Gasteiger partial charge in [-0.2, -0.15) is 0 Å². The van der Waals surface area contributed by atoms with Crippen LogP contribution in [0.4, 0.5) is 0 Å². The van der Waals surface area contributed by atoms with Crippen molar-refractivity contribution in [3.05, 3.63) is 29.7 Å². The van der Waals surface area contributed by atoms with E-state index in [1.54, 1.807) is 16.8 Å². The van der Waals surface area contributed by atoms with Gasteiger partial charge in [0.15, 0.2) is 12.4 Å². The highest BCUT2D eigenvalue weighted by Crippen LogP contribution is 2.08. The third kappa shape index (κ3) is 3.28. The quantitative estimate of drug-likeness (QED) is 0.722. The molecule has 0 amide bonds. The average molecular weight is 277 g/mol. The van der Waals surface area contributed by atoms with Crippen molar-refractivity contribution in [2.24, 2.45) is 0 Å². The van der Waals surface area contributed by atoms with Gasteiger partial charge in [0.1, 0.15) is 0 Å². The van der Waals surface area contributed by atoms with Crippen LogP contribution < -0.4 is 4.74 Å². The second-order valence-corrected chi connectivity index (χ2v) is 3.98. The van der Waals surface area contributed by atoms with Crippen LogP contribution in [-0.2, 0) is 17.9 Å². The molecule has 2 aromatic heterocycles. The molecule has 0 radical (unpaired) electrons. The Morgan fingerprint density at radius 2 is 2.25 bits per heavy atom. The second kappa shape index (κ2) is 6.60. The standard InChI is InChI=1S/C12H15N5O3/c1-3-6-17-10(14-15-16-17)8-20-12(18)9-4-5-11(19-2)13-7-9/h4-5,7H,3,6,8H2,1-2H3. The molecule has 0 fully saturated rings. The minimum Gasteiger partial charge on any atom is -0.481 e. The van der Waals surface area contributed by atoms with Gasteiger partial charge in [-0.25, -0.2) is 14.5 Å². The summed E-state index contributed by atoms with van der Waals surface area (Å²) in [4.78, 5) is 15.8. The summed E-state index contributed by atoms with van der Waals surface area (Å²) in [6, 6.07) is 3.18. The first-order chi connectivity index (χ1) is 9.74. The number of tetrazole rings is 1. The van der Waals surface area contributed by atoms with Crippen molar-refractivity contribution in [1.29, 1.82) is 0 Å². The lowest BCUT2D eigenvalue weighted by atomic mass is 10.3. The van der Waals surface area contributed by atoms with Crippen LogP contribution in [0.3, 0.4) is 0 Å². The predicted octanol–water partition coefficient (Wildman–Crippen LogP) is 0.844. The molecule has 2 aromatic rings. The van der Waals surface area contributed by atoms with E-state index in [0.717, 1.165) is 6.42 Å². The van der Waals surface area contributed by atoms with Crippen LogP contribution in [0.2, 0.25) is 0 Å². The van der Waals surface area contributed by atoms with Crippen LogP contribution in [0.1, 0.15) is 29.5 Å². The van der Waals surface area contributed by atoms with E-state index in [4.69, 9.17) is 9.47 Å². The van der Waals surface area contributed by atoms with Crippen molar-refractivity contribution in [1.82, 2.24) is 25.2 Å². The van der Waals surface area contributed by atoms with Crippen molar-refractivity contribution in [3.8, 4) is 5.88 Å². The predicted molar refractivity (Wildman–Crippen MR) is 68.0 cm³/mol. The van der Waals surface area contributed by atoms with Crippen molar-refractivity contribution in [3.63, 3.8) is 0 Å². The largest absolute Gasteiger partial charge is 0.481 e. The average Bonchev–Trinajstić information content (AvgIpc) is 2.92. The molecule has 0 aliphatic rings. The van der Waals surface area contributed by atoms with E-state index in [-0.39, 0.29) is 6.61 Å². The molecule has 0 spiro atoms. The molecule has 2 rings (SSSR count). The minimum atomic E-state index is -0.480. The second-order valence-electron chi connectivity index (χ2n) is 3.98. The molecule has 0 unspecified atom stereocenters. The number of aromatic nitrogens is 5. The first-order valence-electron chi connectivity index (χ1n) is 6.16. The number of methoxy groups -OCH3 is 1. The first-order valence-corrected chi connectivity index (χ1v) is 6.16. The molecule has 2 heterocycles. The van der Waals surface area contributed by atoms with Gasteiger partial charge in [0.25, 0.3) is 0 Å². The molecule has 0 aliphatic heterocycles. The number of aryl methyl sites for hydroxylation is 1. The Kier molecular flexibility index (Phi) is 4.59. The van der Waals surface area contributed by atoms with Crippen LogP contribution >= 0.6 is 0 Å². The van der Waals surface area contributed by atoms with Crippen molar-refractivity contribution in [2.75, 3.05) is 7.11 Å². The monoisotopic (exact) mass is 277 g/mol. The van der Waals surface area contributed by atoms with E-state index in [1.807, 2.05) is 6.92 Å². The van der Waals surface area contributed by atoms with Crippen LogP contribution in [-0.4, -0.2) is 38.3 Å². The number of carbonyl (C=O) groups is 1. The number of pyridine rings is 1. The number of hydrogen-bond acceptors (Lipinski definition) is 7. The summed E-state index contributed by atoms with van der Waals surface area (Å²) in [7, 11) is 1.51. The highest BCUT2D eigenvalue weighted by molar-refractivity contribution is 5.88. The van der Waals surface area contributed by atoms with Crippen molar-refractivity contribution in [2.45, 2.75) is 26.5 Å². The van der Waals surface area contributed by atoms with Crippen molar-refractivity contribution < 1.29 is 14.3 Å². The van der Waals surface area contributed by atoms with Gasteiger partial charge >= 0.3 is 5.97 Å². The summed E-state index contributed by atoms with van der Waals surface area (Å²) in [6.07, 6.45) is 2.30. The Balaban J connectivity index is 1.95. The molecular weight excluding hydrogens is 262 g/mol. The molecule has 0 saturated heterocycles. The number of ether oxygens (including phenoxy) is 2. The number of hydrogen-bond donors (Lipinski definition) is 0. The molecule has 0 atom stereocenters. The third-order valence-electron chi connectivity index (χ3n) is 2.56. The lowest BCUT2D eigenvalue weighted by Gasteiger charge is -2.05. The molecule has 0 aliphatic carbocycles. The molecule has 8 nitrogen and oxygen atoms in total. The molecular formula is C12H15N5O3. The third-order valence-corrected chi connectivity index (χ3v) is 2.56. The Labute approximate surface area is 115 Å². The first kappa shape index (κ1) is 13.9. The highest BCUT2D eigenvalue weighted by atomic mass is 16.5. The normalized spacial score (nSPS) is 10.3. The van der Waals surface area contributed by atoms with Crippen molar-refractivity contribution >= 4 is 5.97 Å². The van der Waals surface area contributed by atoms with Gasteiger partial charge < -0.3 is 9.47 Å². The highest BCUT2D eigenvalue weighted by Gasteiger charge is 2.11. The lowest BCUT2D eigenvalue weighted by molar-refractivity contribution is 0.0456. The van der Waals surface area contributed by atoms with Crippen LogP contribution in [0, 0.1) is 0 Å². The molecule has 0 N–H and O–H groups in total. The molecule has 0 bridgehead atoms. The van der Waals surface area contributed by atoms with Gasteiger partial charge in [0.05, 0.1) is 12.7 Å². The SMILES string of the molecule is CCCn1nnnc1COC(=O)c1ccc(OC)nc1. The molecule has 0 aromatic carbocycles. The van der Waals surface area contributed by atoms with Gasteiger partial charge in [0, 0.05) is 18.8 Å². The lowest BCUT2D eigenvalue weighted by Crippen LogP contribution is -2.11. The minimum absolute atomic E-state index is 0.0257. The Morgan fingerprint density at radius 1 is 1.40 bits per heavy atom. The zero-order valence-electron chi connectivity index (χ0n) is 11.3. The summed E-state index contributed by atoms with van der Waals surface area (Å²) in [5.41, 5.74) is 0.348. The maximum Gasteiger partial charge on any atom is 0.340 e. The molecule has 8 heteroatoms.